The van der Waals surface area contributed by atoms with Crippen LogP contribution >= 0.6 is 11.6 Å². The summed E-state index contributed by atoms with van der Waals surface area (Å²) in [7, 11) is 1.55. The van der Waals surface area contributed by atoms with Crippen molar-refractivity contribution in [2.24, 2.45) is 5.41 Å². The number of rotatable bonds is 7. The van der Waals surface area contributed by atoms with E-state index in [1.807, 2.05) is 13.0 Å². The summed E-state index contributed by atoms with van der Waals surface area (Å²) in [6.45, 7) is 10.0. The predicted octanol–water partition coefficient (Wildman–Crippen LogP) is 7.41. The highest BCUT2D eigenvalue weighted by molar-refractivity contribution is 6.35. The minimum absolute atomic E-state index is 0.0158. The number of piperidine rings is 2. The molecule has 52 heavy (non-hydrogen) atoms. The monoisotopic (exact) mass is 733 g/mol. The fraction of sp³-hybridized carbons (Fsp3) is 0.641. The Morgan fingerprint density at radius 3 is 2.62 bits per heavy atom. The second kappa shape index (κ2) is 13.2. The van der Waals surface area contributed by atoms with Crippen LogP contribution in [-0.2, 0) is 9.47 Å². The molecule has 4 aliphatic heterocycles. The van der Waals surface area contributed by atoms with Gasteiger partial charge in [-0.05, 0) is 90.3 Å². The van der Waals surface area contributed by atoms with Crippen molar-refractivity contribution in [2.75, 3.05) is 44.9 Å². The lowest BCUT2D eigenvalue weighted by atomic mass is 9.74. The number of H-pyrrole nitrogens is 1. The first-order chi connectivity index (χ1) is 25.2. The van der Waals surface area contributed by atoms with Gasteiger partial charge >= 0.3 is 6.01 Å². The smallest absolute Gasteiger partial charge is 0.319 e. The quantitative estimate of drug-likeness (QED) is 0.206. The number of ether oxygens (including phenoxy) is 4. The van der Waals surface area contributed by atoms with E-state index >= 15 is 4.39 Å². The third-order valence-corrected chi connectivity index (χ3v) is 13.3. The van der Waals surface area contributed by atoms with Crippen LogP contribution in [0.5, 0.6) is 11.9 Å². The third kappa shape index (κ3) is 5.70. The van der Waals surface area contributed by atoms with Crippen LogP contribution in [0.15, 0.2) is 12.3 Å². The van der Waals surface area contributed by atoms with Crippen molar-refractivity contribution in [3.63, 3.8) is 0 Å². The van der Waals surface area contributed by atoms with Gasteiger partial charge in [-0.15, -0.1) is 0 Å². The third-order valence-electron chi connectivity index (χ3n) is 12.8. The Hall–Kier alpha value is -3.32. The molecule has 1 spiro atoms. The molecule has 1 aliphatic carbocycles. The lowest BCUT2D eigenvalue weighted by molar-refractivity contribution is -0.151. The van der Waals surface area contributed by atoms with Crippen molar-refractivity contribution in [1.82, 2.24) is 30.0 Å². The summed E-state index contributed by atoms with van der Waals surface area (Å²) in [5.41, 5.74) is 1.86. The minimum Gasteiger partial charge on any atom is -0.480 e. The number of aromatic nitrogens is 5. The summed E-state index contributed by atoms with van der Waals surface area (Å²) in [4.78, 5) is 19.7. The molecule has 1 aromatic carbocycles. The molecule has 9 rings (SSSR count). The number of likely N-dealkylation sites (tertiary alicyclic amines) is 1. The molecule has 5 unspecified atom stereocenters. The molecule has 1 N–H and O–H groups in total. The largest absolute Gasteiger partial charge is 0.480 e. The zero-order valence-corrected chi connectivity index (χ0v) is 31.4. The maximum atomic E-state index is 17.3. The molecule has 4 aromatic rings. The number of pyridine rings is 1. The maximum absolute atomic E-state index is 17.3. The number of fused-ring (bicyclic) bond motifs is 3. The minimum atomic E-state index is -0.602. The fourth-order valence-electron chi connectivity index (χ4n) is 10.4. The lowest BCUT2D eigenvalue weighted by Crippen LogP contribution is -2.57. The molecule has 1 saturated carbocycles. The van der Waals surface area contributed by atoms with Gasteiger partial charge in [-0.25, -0.2) is 9.37 Å². The van der Waals surface area contributed by atoms with E-state index in [-0.39, 0.29) is 46.3 Å². The van der Waals surface area contributed by atoms with Gasteiger partial charge in [0, 0.05) is 48.0 Å². The number of benzene rings is 1. The van der Waals surface area contributed by atoms with Crippen molar-refractivity contribution < 1.29 is 23.3 Å². The first kappa shape index (κ1) is 34.4. The van der Waals surface area contributed by atoms with Crippen molar-refractivity contribution >= 4 is 39.2 Å². The van der Waals surface area contributed by atoms with Crippen molar-refractivity contribution in [2.45, 2.75) is 115 Å². The SMILES string of the molecule is COc1nc(-c2c(Cl)c(C)cc3[nH]ncc23)c(F)c2nc(OCC34CCCC3N(C3CC(C)OC(C)C3)CCC4)nc(N3CCCC4(CCO4)C3)c12. The summed E-state index contributed by atoms with van der Waals surface area (Å²) in [5, 5.41) is 8.69. The van der Waals surface area contributed by atoms with Gasteiger partial charge in [-0.1, -0.05) is 18.0 Å². The van der Waals surface area contributed by atoms with E-state index in [1.165, 1.54) is 6.42 Å². The Balaban J connectivity index is 1.13. The highest BCUT2D eigenvalue weighted by Crippen LogP contribution is 2.50. The number of aromatic amines is 1. The van der Waals surface area contributed by atoms with Crippen LogP contribution in [0, 0.1) is 18.2 Å². The lowest BCUT2D eigenvalue weighted by Gasteiger charge is -2.51. The van der Waals surface area contributed by atoms with E-state index in [2.05, 4.69) is 33.8 Å². The second-order valence-electron chi connectivity index (χ2n) is 16.1. The number of halogens is 2. The molecule has 11 nitrogen and oxygen atoms in total. The zero-order chi connectivity index (χ0) is 35.8. The van der Waals surface area contributed by atoms with Gasteiger partial charge in [0.15, 0.2) is 5.82 Å². The van der Waals surface area contributed by atoms with Crippen molar-refractivity contribution in [3.05, 3.63) is 28.7 Å². The Morgan fingerprint density at radius 2 is 1.85 bits per heavy atom. The Labute approximate surface area is 308 Å². The van der Waals surface area contributed by atoms with Gasteiger partial charge in [0.25, 0.3) is 0 Å². The Bertz CT molecular complexity index is 2000. The molecule has 0 radical (unpaired) electrons. The molecular weight excluding hydrogens is 685 g/mol. The van der Waals surface area contributed by atoms with Crippen molar-refractivity contribution in [3.8, 4) is 23.1 Å². The van der Waals surface area contributed by atoms with E-state index in [0.717, 1.165) is 88.6 Å². The standard InChI is InChI=1S/C39H49ClFN7O4/c1-22-16-27-26(19-42-46-27)29(31(22)40)33-32(41)34-30(36(43-33)49-4)35(47-13-7-11-39(20-47)12-15-51-39)45-37(44-34)50-21-38-9-5-8-28(38)48(14-6-10-38)25-17-23(2)52-24(3)18-25/h16,19,23-25,28H,5-15,17-18,20-21H2,1-4H3,(H,42,46). The first-order valence-electron chi connectivity index (χ1n) is 19.2. The summed E-state index contributed by atoms with van der Waals surface area (Å²) in [6.07, 6.45) is 12.8. The van der Waals surface area contributed by atoms with Crippen LogP contribution in [0.25, 0.3) is 33.1 Å². The van der Waals surface area contributed by atoms with Crippen LogP contribution in [0.1, 0.15) is 83.6 Å². The molecule has 278 valence electrons. The van der Waals surface area contributed by atoms with Crippen LogP contribution in [0.3, 0.4) is 0 Å². The van der Waals surface area contributed by atoms with Crippen molar-refractivity contribution in [1.29, 1.82) is 0 Å². The van der Waals surface area contributed by atoms with Crippen LogP contribution in [-0.4, -0.2) is 99.9 Å². The number of hydrogen-bond donors (Lipinski definition) is 1. The number of hydrogen-bond acceptors (Lipinski definition) is 10. The molecule has 5 atom stereocenters. The number of nitrogens with zero attached hydrogens (tertiary/aromatic N) is 6. The van der Waals surface area contributed by atoms with E-state index in [9.17, 15) is 0 Å². The number of anilines is 1. The molecule has 5 fully saturated rings. The Morgan fingerprint density at radius 1 is 1.06 bits per heavy atom. The highest BCUT2D eigenvalue weighted by Gasteiger charge is 2.51. The number of methoxy groups -OCH3 is 1. The highest BCUT2D eigenvalue weighted by atomic mass is 35.5. The molecule has 0 amide bonds. The summed E-state index contributed by atoms with van der Waals surface area (Å²) in [6, 6.07) is 3.00. The van der Waals surface area contributed by atoms with Gasteiger partial charge in [-0.2, -0.15) is 15.1 Å². The Kier molecular flexibility index (Phi) is 8.75. The predicted molar refractivity (Wildman–Crippen MR) is 198 cm³/mol. The molecule has 5 aliphatic rings. The van der Waals surface area contributed by atoms with E-state index in [0.29, 0.717) is 52.4 Å². The molecule has 7 heterocycles. The first-order valence-corrected chi connectivity index (χ1v) is 19.6. The summed E-state index contributed by atoms with van der Waals surface area (Å²) < 4.78 is 42.2. The fourth-order valence-corrected chi connectivity index (χ4v) is 10.6. The molecule has 3 aromatic heterocycles. The summed E-state index contributed by atoms with van der Waals surface area (Å²) >= 11 is 6.91. The van der Waals surface area contributed by atoms with E-state index in [4.69, 9.17) is 45.5 Å². The summed E-state index contributed by atoms with van der Waals surface area (Å²) in [5.74, 6) is 0.187. The van der Waals surface area contributed by atoms with Gasteiger partial charge in [-0.3, -0.25) is 10.00 Å². The van der Waals surface area contributed by atoms with Crippen LogP contribution in [0.4, 0.5) is 10.2 Å². The maximum Gasteiger partial charge on any atom is 0.319 e. The average Bonchev–Trinajstić information content (AvgIpc) is 3.78. The van der Waals surface area contributed by atoms with Crippen LogP contribution in [0.2, 0.25) is 5.02 Å². The second-order valence-corrected chi connectivity index (χ2v) is 16.5. The molecular formula is C39H49ClFN7O4. The number of nitrogens with one attached hydrogen (secondary N) is 1. The number of aryl methyl sites for hydroxylation is 1. The van der Waals surface area contributed by atoms with E-state index < -0.39 is 5.82 Å². The van der Waals surface area contributed by atoms with Gasteiger partial charge < -0.3 is 23.8 Å². The van der Waals surface area contributed by atoms with Crippen LogP contribution < -0.4 is 14.4 Å². The molecule has 4 saturated heterocycles. The topological polar surface area (TPSA) is 111 Å². The van der Waals surface area contributed by atoms with Gasteiger partial charge in [0.05, 0.1) is 54.9 Å². The average molecular weight is 734 g/mol. The van der Waals surface area contributed by atoms with Gasteiger partial charge in [0.2, 0.25) is 5.88 Å². The van der Waals surface area contributed by atoms with E-state index in [1.54, 1.807) is 13.3 Å². The molecule has 13 heteroatoms. The molecule has 0 bridgehead atoms. The zero-order valence-electron chi connectivity index (χ0n) is 30.6. The normalized spacial score (nSPS) is 30.9. The van der Waals surface area contributed by atoms with Gasteiger partial charge in [0.1, 0.15) is 22.4 Å².